The molecule has 0 aliphatic heterocycles. The molecule has 0 aliphatic carbocycles. The van der Waals surface area contributed by atoms with E-state index in [9.17, 15) is 18.5 Å². The van der Waals surface area contributed by atoms with Crippen LogP contribution in [0, 0.1) is 11.3 Å². The van der Waals surface area contributed by atoms with Crippen LogP contribution < -0.4 is 10.0 Å². The molecule has 0 saturated heterocycles. The van der Waals surface area contributed by atoms with Crippen molar-refractivity contribution in [3.8, 4) is 6.07 Å². The molecular weight excluding hydrogens is 414 g/mol. The van der Waals surface area contributed by atoms with E-state index in [4.69, 9.17) is 4.42 Å². The Morgan fingerprint density at radius 1 is 1.06 bits per heavy atom. The molecule has 3 aromatic rings. The summed E-state index contributed by atoms with van der Waals surface area (Å²) in [6.45, 7) is 1.76. The molecule has 0 unspecified atom stereocenters. The van der Waals surface area contributed by atoms with Crippen LogP contribution in [-0.2, 0) is 21.4 Å². The van der Waals surface area contributed by atoms with E-state index >= 15 is 0 Å². The predicted octanol–water partition coefficient (Wildman–Crippen LogP) is 3.54. The Morgan fingerprint density at radius 3 is 2.35 bits per heavy atom. The van der Waals surface area contributed by atoms with Crippen LogP contribution in [0.15, 0.2) is 87.7 Å². The maximum absolute atomic E-state index is 12.4. The van der Waals surface area contributed by atoms with Gasteiger partial charge in [-0.3, -0.25) is 4.79 Å². The van der Waals surface area contributed by atoms with Gasteiger partial charge in [0, 0.05) is 6.08 Å². The third kappa shape index (κ3) is 5.92. The van der Waals surface area contributed by atoms with Crippen molar-refractivity contribution in [1.29, 1.82) is 5.26 Å². The van der Waals surface area contributed by atoms with E-state index in [1.807, 2.05) is 43.3 Å². The summed E-state index contributed by atoms with van der Waals surface area (Å²) in [4.78, 5) is 12.6. The molecule has 31 heavy (non-hydrogen) atoms. The smallest absolute Gasteiger partial charge is 0.262 e. The minimum absolute atomic E-state index is 0.0653. The Hall–Kier alpha value is -3.67. The second-order valence-electron chi connectivity index (χ2n) is 6.72. The van der Waals surface area contributed by atoms with Gasteiger partial charge in [-0.2, -0.15) is 5.26 Å². The molecule has 1 amide bonds. The molecule has 0 saturated carbocycles. The first-order valence-electron chi connectivity index (χ1n) is 9.50. The lowest BCUT2D eigenvalue weighted by Crippen LogP contribution is -2.27. The fourth-order valence-electron chi connectivity index (χ4n) is 2.81. The van der Waals surface area contributed by atoms with E-state index < -0.39 is 15.9 Å². The second-order valence-corrected chi connectivity index (χ2v) is 8.48. The highest BCUT2D eigenvalue weighted by atomic mass is 32.2. The van der Waals surface area contributed by atoms with Crippen molar-refractivity contribution < 1.29 is 17.6 Å². The van der Waals surface area contributed by atoms with Gasteiger partial charge in [-0.1, -0.05) is 48.5 Å². The first-order valence-corrected chi connectivity index (χ1v) is 11.0. The quantitative estimate of drug-likeness (QED) is 0.415. The zero-order valence-electron chi connectivity index (χ0n) is 16.8. The molecule has 158 valence electrons. The molecule has 0 bridgehead atoms. The van der Waals surface area contributed by atoms with E-state index in [1.54, 1.807) is 30.3 Å². The van der Waals surface area contributed by atoms with Crippen molar-refractivity contribution in [3.05, 3.63) is 95.5 Å². The van der Waals surface area contributed by atoms with Crippen molar-refractivity contribution in [2.24, 2.45) is 0 Å². The first-order chi connectivity index (χ1) is 14.9. The largest absolute Gasteiger partial charge is 0.460 e. The SMILES string of the molecule is C[C@@H](NC(=O)/C(C#N)=C\c1ccc(CNS(=O)(=O)c2ccccc2)o1)c1ccccc1. The molecule has 0 fully saturated rings. The Bertz CT molecular complexity index is 1210. The molecule has 0 spiro atoms. The van der Waals surface area contributed by atoms with Gasteiger partial charge in [0.15, 0.2) is 0 Å². The molecule has 1 aromatic heterocycles. The number of rotatable bonds is 8. The molecule has 7 nitrogen and oxygen atoms in total. The van der Waals surface area contributed by atoms with E-state index in [2.05, 4.69) is 10.0 Å². The number of amides is 1. The normalized spacial score (nSPS) is 12.7. The first kappa shape index (κ1) is 22.0. The van der Waals surface area contributed by atoms with Gasteiger partial charge in [0.05, 0.1) is 17.5 Å². The third-order valence-corrected chi connectivity index (χ3v) is 5.89. The number of sulfonamides is 1. The van der Waals surface area contributed by atoms with Crippen LogP contribution in [0.4, 0.5) is 0 Å². The number of carbonyl (C=O) groups is 1. The number of hydrogen-bond donors (Lipinski definition) is 2. The topological polar surface area (TPSA) is 112 Å². The number of nitrogens with one attached hydrogen (secondary N) is 2. The van der Waals surface area contributed by atoms with Crippen molar-refractivity contribution in [2.45, 2.75) is 24.4 Å². The van der Waals surface area contributed by atoms with Gasteiger partial charge >= 0.3 is 0 Å². The number of hydrogen-bond acceptors (Lipinski definition) is 5. The molecular formula is C23H21N3O4S. The van der Waals surface area contributed by atoms with Gasteiger partial charge in [0.2, 0.25) is 10.0 Å². The summed E-state index contributed by atoms with van der Waals surface area (Å²) in [6.07, 6.45) is 1.32. The van der Waals surface area contributed by atoms with Gasteiger partial charge in [-0.15, -0.1) is 0 Å². The lowest BCUT2D eigenvalue weighted by atomic mass is 10.1. The Kier molecular flexibility index (Phi) is 7.03. The molecule has 1 atom stereocenters. The van der Waals surface area contributed by atoms with Crippen LogP contribution in [0.25, 0.3) is 6.08 Å². The summed E-state index contributed by atoms with van der Waals surface area (Å²) in [5.41, 5.74) is 0.799. The number of nitrogens with zero attached hydrogens (tertiary/aromatic N) is 1. The number of carbonyl (C=O) groups excluding carboxylic acids is 1. The third-order valence-electron chi connectivity index (χ3n) is 4.47. The van der Waals surface area contributed by atoms with E-state index in [0.29, 0.717) is 5.76 Å². The number of nitriles is 1. The molecule has 0 aliphatic rings. The average Bonchev–Trinajstić information content (AvgIpc) is 3.25. The standard InChI is InChI=1S/C23H21N3O4S/c1-17(18-8-4-2-5-9-18)26-23(27)19(15-24)14-20-12-13-21(30-20)16-25-31(28,29)22-10-6-3-7-11-22/h2-14,17,25H,16H2,1H3,(H,26,27)/b19-14-/t17-/m1/s1. The minimum Gasteiger partial charge on any atom is -0.460 e. The Morgan fingerprint density at radius 2 is 1.71 bits per heavy atom. The fourth-order valence-corrected chi connectivity index (χ4v) is 3.82. The molecule has 3 rings (SSSR count). The Balaban J connectivity index is 1.65. The monoisotopic (exact) mass is 435 g/mol. The average molecular weight is 436 g/mol. The van der Waals surface area contributed by atoms with Crippen LogP contribution in [0.3, 0.4) is 0 Å². The molecule has 2 N–H and O–H groups in total. The predicted molar refractivity (Wildman–Crippen MR) is 116 cm³/mol. The zero-order valence-corrected chi connectivity index (χ0v) is 17.6. The van der Waals surface area contributed by atoms with Gasteiger partial charge in [0.25, 0.3) is 5.91 Å². The number of furan rings is 1. The van der Waals surface area contributed by atoms with Crippen molar-refractivity contribution >= 4 is 22.0 Å². The second kappa shape index (κ2) is 9.89. The number of benzene rings is 2. The lowest BCUT2D eigenvalue weighted by Gasteiger charge is -2.13. The van der Waals surface area contributed by atoms with Gasteiger partial charge in [0.1, 0.15) is 23.2 Å². The fraction of sp³-hybridized carbons (Fsp3) is 0.130. The van der Waals surface area contributed by atoms with Crippen LogP contribution in [0.2, 0.25) is 0 Å². The van der Waals surface area contributed by atoms with Crippen molar-refractivity contribution in [1.82, 2.24) is 10.0 Å². The Labute approximate surface area is 181 Å². The molecule has 0 radical (unpaired) electrons. The maximum Gasteiger partial charge on any atom is 0.262 e. The van der Waals surface area contributed by atoms with Crippen LogP contribution in [0.5, 0.6) is 0 Å². The summed E-state index contributed by atoms with van der Waals surface area (Å²) in [5.74, 6) is 0.0932. The van der Waals surface area contributed by atoms with Gasteiger partial charge in [-0.25, -0.2) is 13.1 Å². The minimum atomic E-state index is -3.67. The zero-order chi connectivity index (χ0) is 22.3. The van der Waals surface area contributed by atoms with Crippen LogP contribution >= 0.6 is 0 Å². The van der Waals surface area contributed by atoms with Crippen LogP contribution in [0.1, 0.15) is 30.0 Å². The highest BCUT2D eigenvalue weighted by Gasteiger charge is 2.16. The van der Waals surface area contributed by atoms with Crippen LogP contribution in [-0.4, -0.2) is 14.3 Å². The molecule has 8 heteroatoms. The molecule has 2 aromatic carbocycles. The van der Waals surface area contributed by atoms with Gasteiger partial charge < -0.3 is 9.73 Å². The highest BCUT2D eigenvalue weighted by Crippen LogP contribution is 2.16. The lowest BCUT2D eigenvalue weighted by molar-refractivity contribution is -0.117. The summed E-state index contributed by atoms with van der Waals surface area (Å²) in [5, 5.41) is 12.1. The highest BCUT2D eigenvalue weighted by molar-refractivity contribution is 7.89. The summed E-state index contributed by atoms with van der Waals surface area (Å²) >= 11 is 0. The summed E-state index contributed by atoms with van der Waals surface area (Å²) in [6, 6.07) is 22.1. The summed E-state index contributed by atoms with van der Waals surface area (Å²) < 4.78 is 32.6. The van der Waals surface area contributed by atoms with Gasteiger partial charge in [-0.05, 0) is 36.8 Å². The molecule has 1 heterocycles. The van der Waals surface area contributed by atoms with E-state index in [0.717, 1.165) is 5.56 Å². The van der Waals surface area contributed by atoms with Crippen molar-refractivity contribution in [3.63, 3.8) is 0 Å². The van der Waals surface area contributed by atoms with Crippen molar-refractivity contribution in [2.75, 3.05) is 0 Å². The summed E-state index contributed by atoms with van der Waals surface area (Å²) in [7, 11) is -3.67. The van der Waals surface area contributed by atoms with E-state index in [-0.39, 0.29) is 28.8 Å². The van der Waals surface area contributed by atoms with E-state index in [1.165, 1.54) is 18.2 Å². The maximum atomic E-state index is 12.4.